The number of aromatic nitrogens is 4. The summed E-state index contributed by atoms with van der Waals surface area (Å²) in [5.41, 5.74) is 0.868. The van der Waals surface area contributed by atoms with Gasteiger partial charge in [-0.1, -0.05) is 5.16 Å². The van der Waals surface area contributed by atoms with Gasteiger partial charge >= 0.3 is 0 Å². The summed E-state index contributed by atoms with van der Waals surface area (Å²) in [5, 5.41) is 4.48. The Bertz CT molecular complexity index is 916. The van der Waals surface area contributed by atoms with Crippen LogP contribution in [-0.2, 0) is 6.54 Å². The number of rotatable bonds is 2. The van der Waals surface area contributed by atoms with Gasteiger partial charge in [-0.2, -0.15) is 4.98 Å². The first-order chi connectivity index (χ1) is 9.47. The summed E-state index contributed by atoms with van der Waals surface area (Å²) in [4.78, 5) is 21.7. The number of thiophene rings is 1. The van der Waals surface area contributed by atoms with Crippen molar-refractivity contribution >= 4 is 33.8 Å². The fourth-order valence-electron chi connectivity index (χ4n) is 2.05. The quantitative estimate of drug-likeness (QED) is 0.736. The van der Waals surface area contributed by atoms with Crippen LogP contribution in [0.15, 0.2) is 9.32 Å². The highest BCUT2D eigenvalue weighted by molar-refractivity contribution is 7.71. The Hall–Kier alpha value is -1.80. The molecule has 0 aliphatic rings. The second kappa shape index (κ2) is 4.64. The zero-order valence-corrected chi connectivity index (χ0v) is 12.8. The normalized spacial score (nSPS) is 11.3. The minimum absolute atomic E-state index is 0.118. The zero-order valence-electron chi connectivity index (χ0n) is 11.2. The third-order valence-electron chi connectivity index (χ3n) is 3.18. The second-order valence-electron chi connectivity index (χ2n) is 4.54. The topological polar surface area (TPSA) is 76.7 Å². The van der Waals surface area contributed by atoms with E-state index in [0.29, 0.717) is 21.9 Å². The number of hydrogen-bond donors (Lipinski definition) is 1. The molecule has 6 nitrogen and oxygen atoms in total. The molecule has 20 heavy (non-hydrogen) atoms. The van der Waals surface area contributed by atoms with Crippen molar-refractivity contribution in [2.24, 2.45) is 0 Å². The lowest BCUT2D eigenvalue weighted by Gasteiger charge is -2.03. The maximum Gasteiger partial charge on any atom is 0.263 e. The van der Waals surface area contributed by atoms with Crippen molar-refractivity contribution in [2.75, 3.05) is 0 Å². The minimum atomic E-state index is -0.118. The summed E-state index contributed by atoms with van der Waals surface area (Å²) in [7, 11) is 0. The first kappa shape index (κ1) is 13.2. The summed E-state index contributed by atoms with van der Waals surface area (Å²) >= 11 is 6.79. The molecule has 0 amide bonds. The van der Waals surface area contributed by atoms with Crippen molar-refractivity contribution in [3.8, 4) is 0 Å². The maximum atomic E-state index is 12.6. The smallest absolute Gasteiger partial charge is 0.263 e. The van der Waals surface area contributed by atoms with Crippen LogP contribution in [-0.4, -0.2) is 19.7 Å². The van der Waals surface area contributed by atoms with E-state index >= 15 is 0 Å². The van der Waals surface area contributed by atoms with Gasteiger partial charge in [0.15, 0.2) is 10.6 Å². The van der Waals surface area contributed by atoms with Gasteiger partial charge in [-0.15, -0.1) is 11.3 Å². The van der Waals surface area contributed by atoms with Gasteiger partial charge in [0, 0.05) is 11.8 Å². The average Bonchev–Trinajstić information content (AvgIpc) is 2.90. The lowest BCUT2D eigenvalue weighted by Crippen LogP contribution is -2.23. The molecular weight excluding hydrogens is 296 g/mol. The third kappa shape index (κ3) is 2.01. The number of fused-ring (bicyclic) bond motifs is 1. The largest absolute Gasteiger partial charge is 0.340 e. The molecule has 0 fully saturated rings. The summed E-state index contributed by atoms with van der Waals surface area (Å²) < 4.78 is 6.74. The van der Waals surface area contributed by atoms with Gasteiger partial charge in [0.1, 0.15) is 4.83 Å². The van der Waals surface area contributed by atoms with E-state index in [-0.39, 0.29) is 12.1 Å². The Morgan fingerprint density at radius 3 is 2.80 bits per heavy atom. The Morgan fingerprint density at radius 2 is 2.15 bits per heavy atom. The second-order valence-corrected chi connectivity index (χ2v) is 6.15. The van der Waals surface area contributed by atoms with Gasteiger partial charge < -0.3 is 9.51 Å². The summed E-state index contributed by atoms with van der Waals surface area (Å²) in [6, 6.07) is 0. The van der Waals surface area contributed by atoms with Crippen LogP contribution < -0.4 is 5.56 Å². The lowest BCUT2D eigenvalue weighted by molar-refractivity contribution is 0.385. The van der Waals surface area contributed by atoms with Crippen LogP contribution >= 0.6 is 23.6 Å². The average molecular weight is 308 g/mol. The van der Waals surface area contributed by atoms with E-state index < -0.39 is 0 Å². The van der Waals surface area contributed by atoms with E-state index in [1.165, 1.54) is 4.57 Å². The molecule has 0 aliphatic carbocycles. The van der Waals surface area contributed by atoms with E-state index in [1.54, 1.807) is 18.3 Å². The standard InChI is InChI=1S/C12H12N4O2S2/c1-5-6(2)20-10-9(5)11(17)16(12(19)14-10)4-8-13-7(3)18-15-8/h4H2,1-3H3,(H,14,19). The van der Waals surface area contributed by atoms with Crippen molar-refractivity contribution in [3.63, 3.8) is 0 Å². The molecule has 3 heterocycles. The van der Waals surface area contributed by atoms with Crippen molar-refractivity contribution in [2.45, 2.75) is 27.3 Å². The van der Waals surface area contributed by atoms with Gasteiger partial charge in [-0.25, -0.2) is 0 Å². The molecule has 0 atom stereocenters. The summed E-state index contributed by atoms with van der Waals surface area (Å²) in [6.07, 6.45) is 0. The number of aryl methyl sites for hydroxylation is 3. The number of nitrogens with one attached hydrogen (secondary N) is 1. The number of aromatic amines is 1. The first-order valence-electron chi connectivity index (χ1n) is 5.99. The van der Waals surface area contributed by atoms with E-state index in [2.05, 4.69) is 15.1 Å². The van der Waals surface area contributed by atoms with Crippen LogP contribution in [0.25, 0.3) is 10.2 Å². The number of H-pyrrole nitrogens is 1. The molecule has 0 aromatic carbocycles. The van der Waals surface area contributed by atoms with Crippen LogP contribution in [0.1, 0.15) is 22.2 Å². The van der Waals surface area contributed by atoms with Gasteiger partial charge in [-0.3, -0.25) is 9.36 Å². The van der Waals surface area contributed by atoms with Crippen molar-refractivity contribution in [3.05, 3.63) is 37.3 Å². The maximum absolute atomic E-state index is 12.6. The molecule has 0 radical (unpaired) electrons. The monoisotopic (exact) mass is 308 g/mol. The van der Waals surface area contributed by atoms with Gasteiger partial charge in [0.2, 0.25) is 5.89 Å². The van der Waals surface area contributed by atoms with E-state index in [4.69, 9.17) is 16.7 Å². The molecular formula is C12H12N4O2S2. The molecule has 3 rings (SSSR count). The van der Waals surface area contributed by atoms with Crippen LogP contribution in [0.4, 0.5) is 0 Å². The Balaban J connectivity index is 2.23. The Labute approximate surface area is 123 Å². The molecule has 1 N–H and O–H groups in total. The zero-order chi connectivity index (χ0) is 14.4. The molecule has 0 unspecified atom stereocenters. The predicted octanol–water partition coefficient (Wildman–Crippen LogP) is 2.48. The predicted molar refractivity (Wildman–Crippen MR) is 78.9 cm³/mol. The highest BCUT2D eigenvalue weighted by atomic mass is 32.1. The summed E-state index contributed by atoms with van der Waals surface area (Å²) in [6.45, 7) is 5.84. The van der Waals surface area contributed by atoms with Gasteiger partial charge in [0.05, 0.1) is 11.9 Å². The van der Waals surface area contributed by atoms with Crippen molar-refractivity contribution in [1.29, 1.82) is 0 Å². The van der Waals surface area contributed by atoms with Crippen LogP contribution in [0.2, 0.25) is 0 Å². The van der Waals surface area contributed by atoms with Gasteiger partial charge in [0.25, 0.3) is 5.56 Å². The molecule has 8 heteroatoms. The van der Waals surface area contributed by atoms with E-state index in [9.17, 15) is 4.79 Å². The van der Waals surface area contributed by atoms with Crippen molar-refractivity contribution < 1.29 is 4.52 Å². The number of hydrogen-bond acceptors (Lipinski definition) is 6. The molecule has 0 spiro atoms. The van der Waals surface area contributed by atoms with Crippen LogP contribution in [0.3, 0.4) is 0 Å². The fourth-order valence-corrected chi connectivity index (χ4v) is 3.42. The Kier molecular flexibility index (Phi) is 3.06. The van der Waals surface area contributed by atoms with Crippen LogP contribution in [0.5, 0.6) is 0 Å². The highest BCUT2D eigenvalue weighted by Crippen LogP contribution is 2.25. The molecule has 0 bridgehead atoms. The molecule has 0 saturated heterocycles. The SMILES string of the molecule is Cc1nc(Cn2c(=S)[nH]c3sc(C)c(C)c3c2=O)no1. The van der Waals surface area contributed by atoms with Crippen molar-refractivity contribution in [1.82, 2.24) is 19.7 Å². The molecule has 104 valence electrons. The molecule has 3 aromatic heterocycles. The molecule has 0 aliphatic heterocycles. The summed E-state index contributed by atoms with van der Waals surface area (Å²) in [5.74, 6) is 0.902. The van der Waals surface area contributed by atoms with Crippen LogP contribution in [0, 0.1) is 25.5 Å². The lowest BCUT2D eigenvalue weighted by atomic mass is 10.2. The van der Waals surface area contributed by atoms with E-state index in [0.717, 1.165) is 15.3 Å². The molecule has 0 saturated carbocycles. The van der Waals surface area contributed by atoms with Gasteiger partial charge in [-0.05, 0) is 31.6 Å². The Morgan fingerprint density at radius 1 is 1.40 bits per heavy atom. The number of nitrogens with zero attached hydrogens (tertiary/aromatic N) is 3. The van der Waals surface area contributed by atoms with E-state index in [1.807, 2.05) is 13.8 Å². The minimum Gasteiger partial charge on any atom is -0.340 e. The first-order valence-corrected chi connectivity index (χ1v) is 7.22. The highest BCUT2D eigenvalue weighted by Gasteiger charge is 2.14. The fraction of sp³-hybridized carbons (Fsp3) is 0.333. The third-order valence-corrected chi connectivity index (χ3v) is 4.62. The molecule has 3 aromatic rings.